The average Bonchev–Trinajstić information content (AvgIpc) is 2.18. The summed E-state index contributed by atoms with van der Waals surface area (Å²) in [6.07, 6.45) is 8.61. The predicted octanol–water partition coefficient (Wildman–Crippen LogP) is 2.89. The molecule has 2 nitrogen and oxygen atoms in total. The monoisotopic (exact) mass is 186 g/mol. The van der Waals surface area contributed by atoms with Crippen molar-refractivity contribution < 1.29 is 0 Å². The van der Waals surface area contributed by atoms with Gasteiger partial charge in [0.2, 0.25) is 0 Å². The van der Waals surface area contributed by atoms with Gasteiger partial charge in [-0.15, -0.1) is 11.6 Å². The van der Waals surface area contributed by atoms with E-state index in [1.54, 1.807) is 18.5 Å². The molecule has 0 unspecified atom stereocenters. The lowest BCUT2D eigenvalue weighted by Crippen LogP contribution is -1.70. The van der Waals surface area contributed by atoms with Crippen molar-refractivity contribution in [1.29, 1.82) is 0 Å². The molecule has 0 aliphatic carbocycles. The van der Waals surface area contributed by atoms with Gasteiger partial charge in [-0.25, -0.2) is 9.97 Å². The first kappa shape index (κ1) is 11.4. The van der Waals surface area contributed by atoms with Gasteiger partial charge in [-0.2, -0.15) is 0 Å². The number of nitrogens with zero attached hydrogens (tertiary/aromatic N) is 2. The maximum Gasteiger partial charge on any atom is 0.115 e. The van der Waals surface area contributed by atoms with Crippen LogP contribution in [-0.4, -0.2) is 15.8 Å². The molecule has 0 aliphatic rings. The largest absolute Gasteiger partial charge is 0.245 e. The third-order valence-corrected chi connectivity index (χ3v) is 1.48. The van der Waals surface area contributed by atoms with Crippen molar-refractivity contribution in [2.75, 3.05) is 5.88 Å². The second-order valence-electron chi connectivity index (χ2n) is 2.30. The van der Waals surface area contributed by atoms with Gasteiger partial charge in [0, 0.05) is 18.3 Å². The van der Waals surface area contributed by atoms with Gasteiger partial charge >= 0.3 is 0 Å². The lowest BCUT2D eigenvalue weighted by molar-refractivity contribution is 0.776. The van der Waals surface area contributed by atoms with E-state index in [0.29, 0.717) is 0 Å². The van der Waals surface area contributed by atoms with Crippen molar-refractivity contribution in [3.05, 3.63) is 24.8 Å². The molecule has 0 bridgehead atoms. The Bertz CT molecular complexity index is 125. The highest BCUT2D eigenvalue weighted by molar-refractivity contribution is 6.17. The molecular weight excluding hydrogens is 172 g/mol. The maximum atomic E-state index is 5.38. The Kier molecular flexibility index (Phi) is 9.83. The van der Waals surface area contributed by atoms with Crippen LogP contribution in [0.2, 0.25) is 0 Å². The van der Waals surface area contributed by atoms with E-state index in [-0.39, 0.29) is 0 Å². The van der Waals surface area contributed by atoms with Crippen molar-refractivity contribution in [2.24, 2.45) is 0 Å². The van der Waals surface area contributed by atoms with Gasteiger partial charge in [0.15, 0.2) is 0 Å². The summed E-state index contributed by atoms with van der Waals surface area (Å²) in [7, 11) is 0. The van der Waals surface area contributed by atoms with Crippen LogP contribution in [0.3, 0.4) is 0 Å². The highest BCUT2D eigenvalue weighted by Gasteiger charge is 1.76. The first-order chi connectivity index (χ1) is 5.91. The van der Waals surface area contributed by atoms with Crippen LogP contribution < -0.4 is 0 Å². The summed E-state index contributed by atoms with van der Waals surface area (Å²) < 4.78 is 0. The summed E-state index contributed by atoms with van der Waals surface area (Å²) in [4.78, 5) is 7.35. The molecule has 1 rings (SSSR count). The highest BCUT2D eigenvalue weighted by atomic mass is 35.5. The van der Waals surface area contributed by atoms with Gasteiger partial charge in [0.05, 0.1) is 0 Å². The standard InChI is InChI=1S/C5H11Cl.C4H4N2/c1-2-3-4-5-6;1-2-5-4-6-3-1/h2-5H2,1H3;1-4H. The van der Waals surface area contributed by atoms with Crippen molar-refractivity contribution in [1.82, 2.24) is 9.97 Å². The van der Waals surface area contributed by atoms with Crippen LogP contribution >= 0.6 is 11.6 Å². The summed E-state index contributed by atoms with van der Waals surface area (Å²) in [5.41, 5.74) is 0. The second kappa shape index (κ2) is 10.4. The molecule has 0 atom stereocenters. The molecule has 0 N–H and O–H groups in total. The predicted molar refractivity (Wildman–Crippen MR) is 52.3 cm³/mol. The highest BCUT2D eigenvalue weighted by Crippen LogP contribution is 1.93. The van der Waals surface area contributed by atoms with Crippen molar-refractivity contribution in [3.63, 3.8) is 0 Å². The minimum atomic E-state index is 0.827. The van der Waals surface area contributed by atoms with E-state index in [4.69, 9.17) is 11.6 Å². The smallest absolute Gasteiger partial charge is 0.115 e. The number of alkyl halides is 1. The van der Waals surface area contributed by atoms with E-state index in [2.05, 4.69) is 16.9 Å². The molecule has 68 valence electrons. The Labute approximate surface area is 79.0 Å². The number of hydrogen-bond donors (Lipinski definition) is 0. The lowest BCUT2D eigenvalue weighted by atomic mass is 10.3. The average molecular weight is 187 g/mol. The summed E-state index contributed by atoms with van der Waals surface area (Å²) in [5.74, 6) is 0.827. The van der Waals surface area contributed by atoms with Crippen molar-refractivity contribution >= 4 is 11.6 Å². The van der Waals surface area contributed by atoms with Crippen LogP contribution in [0.4, 0.5) is 0 Å². The number of aromatic nitrogens is 2. The zero-order chi connectivity index (χ0) is 9.07. The second-order valence-corrected chi connectivity index (χ2v) is 2.68. The summed E-state index contributed by atoms with van der Waals surface area (Å²) in [5, 5.41) is 0. The van der Waals surface area contributed by atoms with E-state index in [1.807, 2.05) is 0 Å². The molecule has 3 heteroatoms. The summed E-state index contributed by atoms with van der Waals surface area (Å²) in [6, 6.07) is 1.78. The molecule has 1 aromatic heterocycles. The SMILES string of the molecule is CCCCCCl.c1cncnc1. The first-order valence-corrected chi connectivity index (χ1v) is 4.71. The minimum Gasteiger partial charge on any atom is -0.245 e. The zero-order valence-electron chi connectivity index (χ0n) is 7.41. The van der Waals surface area contributed by atoms with Crippen LogP contribution in [-0.2, 0) is 0 Å². The number of hydrogen-bond acceptors (Lipinski definition) is 2. The van der Waals surface area contributed by atoms with E-state index in [1.165, 1.54) is 25.6 Å². The number of halogens is 1. The Hall–Kier alpha value is -0.630. The molecule has 0 saturated heterocycles. The normalized spacial score (nSPS) is 8.50. The topological polar surface area (TPSA) is 25.8 Å². The van der Waals surface area contributed by atoms with Gasteiger partial charge in [-0.1, -0.05) is 19.8 Å². The minimum absolute atomic E-state index is 0.827. The Morgan fingerprint density at radius 2 is 1.83 bits per heavy atom. The molecular formula is C9H15ClN2. The van der Waals surface area contributed by atoms with E-state index < -0.39 is 0 Å². The summed E-state index contributed by atoms with van der Waals surface area (Å²) >= 11 is 5.38. The van der Waals surface area contributed by atoms with Crippen LogP contribution in [0.25, 0.3) is 0 Å². The molecule has 12 heavy (non-hydrogen) atoms. The molecule has 0 fully saturated rings. The maximum absolute atomic E-state index is 5.38. The van der Waals surface area contributed by atoms with Gasteiger partial charge in [0.25, 0.3) is 0 Å². The molecule has 0 spiro atoms. The summed E-state index contributed by atoms with van der Waals surface area (Å²) in [6.45, 7) is 2.17. The number of unbranched alkanes of at least 4 members (excludes halogenated alkanes) is 2. The third-order valence-electron chi connectivity index (χ3n) is 1.21. The Morgan fingerprint density at radius 3 is 2.00 bits per heavy atom. The molecule has 0 aliphatic heterocycles. The fourth-order valence-corrected chi connectivity index (χ4v) is 0.787. The molecule has 0 aromatic carbocycles. The molecule has 1 heterocycles. The molecule has 0 amide bonds. The van der Waals surface area contributed by atoms with Gasteiger partial charge < -0.3 is 0 Å². The van der Waals surface area contributed by atoms with Crippen molar-refractivity contribution in [2.45, 2.75) is 26.2 Å². The van der Waals surface area contributed by atoms with Gasteiger partial charge in [-0.3, -0.25) is 0 Å². The lowest BCUT2D eigenvalue weighted by Gasteiger charge is -1.84. The fraction of sp³-hybridized carbons (Fsp3) is 0.556. The number of rotatable bonds is 3. The van der Waals surface area contributed by atoms with Crippen LogP contribution in [0.5, 0.6) is 0 Å². The zero-order valence-corrected chi connectivity index (χ0v) is 8.17. The van der Waals surface area contributed by atoms with Gasteiger partial charge in [-0.05, 0) is 12.5 Å². The molecule has 0 radical (unpaired) electrons. The van der Waals surface area contributed by atoms with E-state index >= 15 is 0 Å². The fourth-order valence-electron chi connectivity index (χ4n) is 0.598. The molecule has 1 aromatic rings. The van der Waals surface area contributed by atoms with Gasteiger partial charge in [0.1, 0.15) is 6.33 Å². The van der Waals surface area contributed by atoms with Crippen LogP contribution in [0.1, 0.15) is 26.2 Å². The quantitative estimate of drug-likeness (QED) is 0.536. The van der Waals surface area contributed by atoms with Crippen molar-refractivity contribution in [3.8, 4) is 0 Å². The Balaban J connectivity index is 0.000000202. The van der Waals surface area contributed by atoms with Crippen LogP contribution in [0.15, 0.2) is 24.8 Å². The van der Waals surface area contributed by atoms with E-state index in [9.17, 15) is 0 Å². The Morgan fingerprint density at radius 1 is 1.17 bits per heavy atom. The van der Waals surface area contributed by atoms with E-state index in [0.717, 1.165) is 5.88 Å². The molecule has 0 saturated carbocycles. The third kappa shape index (κ3) is 9.37. The first-order valence-electron chi connectivity index (χ1n) is 4.17. The van der Waals surface area contributed by atoms with Crippen LogP contribution in [0, 0.1) is 0 Å².